The Morgan fingerprint density at radius 1 is 1.00 bits per heavy atom. The van der Waals surface area contributed by atoms with E-state index in [0.717, 1.165) is 12.0 Å². The van der Waals surface area contributed by atoms with E-state index in [-0.39, 0.29) is 41.0 Å². The summed E-state index contributed by atoms with van der Waals surface area (Å²) in [6.45, 7) is 8.15. The van der Waals surface area contributed by atoms with Crippen LogP contribution in [0.15, 0.2) is 35.5 Å². The molecule has 4 aliphatic heterocycles. The van der Waals surface area contributed by atoms with Crippen molar-refractivity contribution in [2.45, 2.75) is 57.5 Å². The Morgan fingerprint density at radius 2 is 1.71 bits per heavy atom. The molecule has 5 rings (SSSR count). The normalized spacial score (nSPS) is 50.3. The Balaban J connectivity index is 1.75. The van der Waals surface area contributed by atoms with Gasteiger partial charge < -0.3 is 9.47 Å². The summed E-state index contributed by atoms with van der Waals surface area (Å²) in [7, 11) is 0. The maximum Gasteiger partial charge on any atom is 0.191 e. The summed E-state index contributed by atoms with van der Waals surface area (Å²) in [5.74, 6) is 0.300. The molecule has 5 aliphatic rings. The fraction of sp³-hybridized carbons (Fsp3) is 0.600. The average Bonchev–Trinajstić information content (AvgIpc) is 3.03. The minimum atomic E-state index is -0.883. The van der Waals surface area contributed by atoms with Gasteiger partial charge in [-0.05, 0) is 38.0 Å². The fourth-order valence-corrected chi connectivity index (χ4v) is 5.73. The summed E-state index contributed by atoms with van der Waals surface area (Å²) < 4.78 is 12.4. The van der Waals surface area contributed by atoms with Gasteiger partial charge in [0, 0.05) is 17.3 Å². The molecular weight excluding hydrogens is 304 g/mol. The number of carbonyl (C=O) groups excluding carboxylic acids is 2. The summed E-state index contributed by atoms with van der Waals surface area (Å²) in [6.07, 6.45) is 7.71. The maximum atomic E-state index is 12.6. The van der Waals surface area contributed by atoms with Crippen LogP contribution in [0.3, 0.4) is 0 Å². The van der Waals surface area contributed by atoms with Crippen LogP contribution in [0.4, 0.5) is 0 Å². The van der Waals surface area contributed by atoms with Gasteiger partial charge in [0.25, 0.3) is 0 Å². The van der Waals surface area contributed by atoms with Gasteiger partial charge in [0.05, 0.1) is 12.2 Å². The highest BCUT2D eigenvalue weighted by Crippen LogP contribution is 2.64. The second-order valence-corrected chi connectivity index (χ2v) is 8.67. The summed E-state index contributed by atoms with van der Waals surface area (Å²) >= 11 is 0. The van der Waals surface area contributed by atoms with Crippen molar-refractivity contribution in [1.29, 1.82) is 0 Å². The predicted molar refractivity (Wildman–Crippen MR) is 87.3 cm³/mol. The predicted octanol–water partition coefficient (Wildman–Crippen LogP) is 2.54. The molecule has 0 aromatic carbocycles. The van der Waals surface area contributed by atoms with Crippen LogP contribution in [-0.4, -0.2) is 35.0 Å². The zero-order chi connectivity index (χ0) is 17.1. The van der Waals surface area contributed by atoms with Crippen molar-refractivity contribution in [1.82, 2.24) is 0 Å². The second kappa shape index (κ2) is 4.00. The summed E-state index contributed by atoms with van der Waals surface area (Å²) in [4.78, 5) is 25.3. The highest BCUT2D eigenvalue weighted by atomic mass is 16.5. The van der Waals surface area contributed by atoms with Crippen molar-refractivity contribution >= 4 is 11.6 Å². The molecule has 2 unspecified atom stereocenters. The molecule has 0 aromatic rings. The van der Waals surface area contributed by atoms with Gasteiger partial charge in [0.2, 0.25) is 0 Å². The number of ketones is 2. The van der Waals surface area contributed by atoms with Gasteiger partial charge in [0.1, 0.15) is 11.2 Å². The van der Waals surface area contributed by atoms with Crippen LogP contribution in [0.1, 0.15) is 34.1 Å². The third-order valence-electron chi connectivity index (χ3n) is 7.06. The van der Waals surface area contributed by atoms with E-state index in [1.54, 1.807) is 12.2 Å². The molecule has 0 aromatic heterocycles. The molecule has 4 heteroatoms. The molecule has 1 saturated heterocycles. The Labute approximate surface area is 141 Å². The fourth-order valence-electron chi connectivity index (χ4n) is 5.73. The van der Waals surface area contributed by atoms with Gasteiger partial charge >= 0.3 is 0 Å². The van der Waals surface area contributed by atoms with Gasteiger partial charge in [-0.15, -0.1) is 0 Å². The number of fused-ring (bicyclic) bond motifs is 9. The first-order chi connectivity index (χ1) is 11.2. The van der Waals surface area contributed by atoms with E-state index in [1.165, 1.54) is 5.57 Å². The molecule has 0 radical (unpaired) electrons. The standard InChI is InChI=1S/C20H22O4/c1-18(2)15-8-7-13(21)19(3,24-15)11-9-10-12-5-6-14(22)20(4,23-12)16(10)17(11)18/h5-8,10,12,15-16H,9H2,1-4H3/t10?,12-,15-,16?,19-,20+/m0/s1. The molecule has 6 atom stereocenters. The van der Waals surface area contributed by atoms with E-state index in [4.69, 9.17) is 9.47 Å². The van der Waals surface area contributed by atoms with Gasteiger partial charge in [-0.1, -0.05) is 31.6 Å². The van der Waals surface area contributed by atoms with E-state index in [1.807, 2.05) is 26.0 Å². The summed E-state index contributed by atoms with van der Waals surface area (Å²) in [5.41, 5.74) is 0.371. The molecule has 126 valence electrons. The second-order valence-electron chi connectivity index (χ2n) is 8.67. The Hall–Kier alpha value is -1.52. The molecule has 0 N–H and O–H groups in total. The maximum absolute atomic E-state index is 12.6. The number of carbonyl (C=O) groups is 2. The minimum absolute atomic E-state index is 0.0137. The molecule has 4 heterocycles. The van der Waals surface area contributed by atoms with Crippen LogP contribution in [0.25, 0.3) is 0 Å². The number of hydrogen-bond acceptors (Lipinski definition) is 4. The Kier molecular flexibility index (Phi) is 2.46. The van der Waals surface area contributed by atoms with Crippen molar-refractivity contribution in [3.05, 3.63) is 35.5 Å². The third-order valence-corrected chi connectivity index (χ3v) is 7.06. The van der Waals surface area contributed by atoms with Crippen molar-refractivity contribution in [2.75, 3.05) is 0 Å². The smallest absolute Gasteiger partial charge is 0.191 e. The largest absolute Gasteiger partial charge is 0.359 e. The molecule has 4 nitrogen and oxygen atoms in total. The molecule has 0 saturated carbocycles. The van der Waals surface area contributed by atoms with E-state index < -0.39 is 11.2 Å². The molecule has 24 heavy (non-hydrogen) atoms. The van der Waals surface area contributed by atoms with Crippen LogP contribution in [0.5, 0.6) is 0 Å². The van der Waals surface area contributed by atoms with Crippen LogP contribution < -0.4 is 0 Å². The lowest BCUT2D eigenvalue weighted by Crippen LogP contribution is -2.56. The van der Waals surface area contributed by atoms with Crippen LogP contribution >= 0.6 is 0 Å². The molecule has 1 fully saturated rings. The van der Waals surface area contributed by atoms with Crippen molar-refractivity contribution in [3.8, 4) is 0 Å². The molecule has 0 spiro atoms. The lowest BCUT2D eigenvalue weighted by atomic mass is 9.63. The molecule has 4 bridgehead atoms. The average molecular weight is 326 g/mol. The number of rotatable bonds is 0. The Bertz CT molecular complexity index is 785. The van der Waals surface area contributed by atoms with E-state index in [9.17, 15) is 9.59 Å². The lowest BCUT2D eigenvalue weighted by Gasteiger charge is -2.51. The van der Waals surface area contributed by atoms with Crippen molar-refractivity contribution < 1.29 is 19.1 Å². The van der Waals surface area contributed by atoms with Gasteiger partial charge in [-0.3, -0.25) is 9.59 Å². The zero-order valence-electron chi connectivity index (χ0n) is 14.5. The topological polar surface area (TPSA) is 52.6 Å². The first-order valence-electron chi connectivity index (χ1n) is 8.74. The lowest BCUT2D eigenvalue weighted by molar-refractivity contribution is -0.151. The van der Waals surface area contributed by atoms with E-state index >= 15 is 0 Å². The summed E-state index contributed by atoms with van der Waals surface area (Å²) in [5, 5.41) is 0. The van der Waals surface area contributed by atoms with Crippen LogP contribution in [0, 0.1) is 17.3 Å². The molecule has 1 aliphatic carbocycles. The quantitative estimate of drug-likeness (QED) is 0.642. The van der Waals surface area contributed by atoms with Crippen molar-refractivity contribution in [3.63, 3.8) is 0 Å². The Morgan fingerprint density at radius 3 is 2.46 bits per heavy atom. The monoisotopic (exact) mass is 326 g/mol. The number of hydrogen-bond donors (Lipinski definition) is 0. The van der Waals surface area contributed by atoms with E-state index in [0.29, 0.717) is 0 Å². The number of ether oxygens (including phenoxy) is 2. The molecule has 0 amide bonds. The SMILES string of the molecule is CC1(C)C2=C(CC3C2[C@]2(C)O[C@H]3C=CC2=O)[C@]2(C)O[C@H]1C=CC2=O. The first kappa shape index (κ1) is 14.8. The molecular formula is C20H22O4. The summed E-state index contributed by atoms with van der Waals surface area (Å²) in [6, 6.07) is 0. The zero-order valence-corrected chi connectivity index (χ0v) is 14.5. The van der Waals surface area contributed by atoms with Gasteiger partial charge in [-0.25, -0.2) is 0 Å². The van der Waals surface area contributed by atoms with Crippen molar-refractivity contribution in [2.24, 2.45) is 17.3 Å². The van der Waals surface area contributed by atoms with E-state index in [2.05, 4.69) is 13.8 Å². The first-order valence-corrected chi connectivity index (χ1v) is 8.74. The highest BCUT2D eigenvalue weighted by molar-refractivity contribution is 6.02. The highest BCUT2D eigenvalue weighted by Gasteiger charge is 2.67. The van der Waals surface area contributed by atoms with Gasteiger partial charge in [0.15, 0.2) is 11.6 Å². The van der Waals surface area contributed by atoms with Crippen LogP contribution in [-0.2, 0) is 19.1 Å². The van der Waals surface area contributed by atoms with Gasteiger partial charge in [-0.2, -0.15) is 0 Å². The third kappa shape index (κ3) is 1.40. The minimum Gasteiger partial charge on any atom is -0.359 e. The van der Waals surface area contributed by atoms with Crippen LogP contribution in [0.2, 0.25) is 0 Å².